The third-order valence-electron chi connectivity index (χ3n) is 5.82. The predicted octanol–water partition coefficient (Wildman–Crippen LogP) is 5.12. The summed E-state index contributed by atoms with van der Waals surface area (Å²) in [6, 6.07) is 14.8. The van der Waals surface area contributed by atoms with Crippen LogP contribution in [0.2, 0.25) is 0 Å². The molecule has 140 valence electrons. The molecule has 1 aromatic heterocycles. The zero-order chi connectivity index (χ0) is 18.6. The zero-order valence-electron chi connectivity index (χ0n) is 16.1. The molecule has 1 aliphatic heterocycles. The molecule has 0 spiro atoms. The van der Waals surface area contributed by atoms with Gasteiger partial charge in [-0.25, -0.2) is 0 Å². The number of nitrogens with zero attached hydrogens (tertiary/aromatic N) is 2. The fraction of sp³-hybridized carbons (Fsp3) is 0.417. The lowest BCUT2D eigenvalue weighted by atomic mass is 9.91. The summed E-state index contributed by atoms with van der Waals surface area (Å²) in [5, 5.41) is 0. The van der Waals surface area contributed by atoms with Gasteiger partial charge in [0.15, 0.2) is 0 Å². The third kappa shape index (κ3) is 4.29. The molecule has 2 atom stereocenters. The van der Waals surface area contributed by atoms with Crippen LogP contribution >= 0.6 is 0 Å². The van der Waals surface area contributed by atoms with Gasteiger partial charge in [0.1, 0.15) is 0 Å². The molecule has 0 N–H and O–H groups in total. The smallest absolute Gasteiger partial charge is 0.223 e. The highest BCUT2D eigenvalue weighted by molar-refractivity contribution is 5.77. The maximum absolute atomic E-state index is 12.8. The van der Waals surface area contributed by atoms with E-state index in [0.717, 1.165) is 50.2 Å². The molecule has 4 rings (SSSR count). The molecule has 1 amide bonds. The first-order valence-electron chi connectivity index (χ1n) is 10.2. The number of allylic oxidation sites excluding steroid dienone is 2. The number of hydrogen-bond acceptors (Lipinski definition) is 2. The fourth-order valence-electron chi connectivity index (χ4n) is 4.36. The summed E-state index contributed by atoms with van der Waals surface area (Å²) in [7, 11) is 0. The molecule has 2 unspecified atom stereocenters. The fourth-order valence-corrected chi connectivity index (χ4v) is 4.36. The lowest BCUT2D eigenvalue weighted by Gasteiger charge is -2.33. The quantitative estimate of drug-likeness (QED) is 0.709. The largest absolute Gasteiger partial charge is 0.342 e. The standard InChI is InChI=1S/C24H28N2O/c1-18-14-22(20-10-3-2-4-11-20)16-23(25-18)21-12-7-13-26(17-21)24(27)15-19-8-5-6-9-19/h2-5,8,10-11,14,16,19,21H,6-7,9,12-13,15,17H2,1H3. The molecule has 2 heterocycles. The summed E-state index contributed by atoms with van der Waals surface area (Å²) >= 11 is 0. The van der Waals surface area contributed by atoms with Crippen LogP contribution < -0.4 is 0 Å². The van der Waals surface area contributed by atoms with Crippen molar-refractivity contribution in [2.75, 3.05) is 13.1 Å². The number of piperidine rings is 1. The number of aromatic nitrogens is 1. The Kier molecular flexibility index (Phi) is 5.38. The van der Waals surface area contributed by atoms with Crippen molar-refractivity contribution >= 4 is 5.91 Å². The zero-order valence-corrected chi connectivity index (χ0v) is 16.1. The van der Waals surface area contributed by atoms with E-state index in [-0.39, 0.29) is 0 Å². The number of hydrogen-bond donors (Lipinski definition) is 0. The molecular weight excluding hydrogens is 332 g/mol. The lowest BCUT2D eigenvalue weighted by molar-refractivity contribution is -0.133. The minimum atomic E-state index is 0.312. The second-order valence-corrected chi connectivity index (χ2v) is 7.94. The average Bonchev–Trinajstić information content (AvgIpc) is 3.21. The molecule has 3 nitrogen and oxygen atoms in total. The summed E-state index contributed by atoms with van der Waals surface area (Å²) in [6.45, 7) is 3.76. The van der Waals surface area contributed by atoms with Gasteiger partial charge >= 0.3 is 0 Å². The Balaban J connectivity index is 1.50. The number of benzene rings is 1. The van der Waals surface area contributed by atoms with Crippen LogP contribution in [0.4, 0.5) is 0 Å². The van der Waals surface area contributed by atoms with Crippen molar-refractivity contribution in [2.45, 2.75) is 44.9 Å². The molecule has 27 heavy (non-hydrogen) atoms. The Morgan fingerprint density at radius 1 is 1.15 bits per heavy atom. The maximum atomic E-state index is 12.8. The van der Waals surface area contributed by atoms with Gasteiger partial charge in [-0.3, -0.25) is 9.78 Å². The Morgan fingerprint density at radius 3 is 2.78 bits per heavy atom. The van der Waals surface area contributed by atoms with Crippen molar-refractivity contribution in [2.24, 2.45) is 5.92 Å². The average molecular weight is 361 g/mol. The van der Waals surface area contributed by atoms with E-state index in [2.05, 4.69) is 60.4 Å². The van der Waals surface area contributed by atoms with E-state index in [1.165, 1.54) is 11.1 Å². The number of pyridine rings is 1. The Labute approximate surface area is 162 Å². The molecule has 3 heteroatoms. The molecule has 0 bridgehead atoms. The molecule has 0 saturated carbocycles. The lowest BCUT2D eigenvalue weighted by Crippen LogP contribution is -2.39. The van der Waals surface area contributed by atoms with Crippen LogP contribution in [-0.2, 0) is 4.79 Å². The van der Waals surface area contributed by atoms with Gasteiger partial charge in [0.25, 0.3) is 0 Å². The van der Waals surface area contributed by atoms with E-state index >= 15 is 0 Å². The number of rotatable bonds is 4. The van der Waals surface area contributed by atoms with Gasteiger partial charge in [-0.2, -0.15) is 0 Å². The SMILES string of the molecule is Cc1cc(-c2ccccc2)cc(C2CCCN(C(=O)CC3C=CCC3)C2)n1. The Hall–Kier alpha value is -2.42. The second-order valence-electron chi connectivity index (χ2n) is 7.94. The summed E-state index contributed by atoms with van der Waals surface area (Å²) < 4.78 is 0. The highest BCUT2D eigenvalue weighted by Gasteiger charge is 2.27. The predicted molar refractivity (Wildman–Crippen MR) is 109 cm³/mol. The molecule has 1 aliphatic carbocycles. The van der Waals surface area contributed by atoms with Crippen LogP contribution in [0, 0.1) is 12.8 Å². The normalized spacial score (nSPS) is 22.2. The van der Waals surface area contributed by atoms with Crippen LogP contribution in [0.25, 0.3) is 11.1 Å². The minimum Gasteiger partial charge on any atom is -0.342 e. The van der Waals surface area contributed by atoms with Crippen LogP contribution in [0.1, 0.15) is 49.4 Å². The third-order valence-corrected chi connectivity index (χ3v) is 5.82. The van der Waals surface area contributed by atoms with E-state index < -0.39 is 0 Å². The van der Waals surface area contributed by atoms with E-state index in [0.29, 0.717) is 24.2 Å². The molecule has 1 saturated heterocycles. The van der Waals surface area contributed by atoms with E-state index in [4.69, 9.17) is 4.98 Å². The van der Waals surface area contributed by atoms with Crippen molar-refractivity contribution in [1.29, 1.82) is 0 Å². The van der Waals surface area contributed by atoms with E-state index in [1.807, 2.05) is 6.07 Å². The molecule has 1 fully saturated rings. The minimum absolute atomic E-state index is 0.312. The monoisotopic (exact) mass is 360 g/mol. The second kappa shape index (κ2) is 8.08. The van der Waals surface area contributed by atoms with E-state index in [1.54, 1.807) is 0 Å². The molecule has 2 aromatic rings. The van der Waals surface area contributed by atoms with Gasteiger partial charge in [0.2, 0.25) is 5.91 Å². The van der Waals surface area contributed by atoms with Gasteiger partial charge in [-0.1, -0.05) is 42.5 Å². The van der Waals surface area contributed by atoms with Crippen LogP contribution in [0.5, 0.6) is 0 Å². The van der Waals surface area contributed by atoms with Crippen LogP contribution in [0.15, 0.2) is 54.6 Å². The topological polar surface area (TPSA) is 33.2 Å². The number of aryl methyl sites for hydroxylation is 1. The van der Waals surface area contributed by atoms with Gasteiger partial charge < -0.3 is 4.90 Å². The Bertz CT molecular complexity index is 828. The molecule has 1 aromatic carbocycles. The molecule has 0 radical (unpaired) electrons. The summed E-state index contributed by atoms with van der Waals surface area (Å²) in [6.07, 6.45) is 9.51. The number of likely N-dealkylation sites (tertiary alicyclic amines) is 1. The van der Waals surface area contributed by atoms with Gasteiger partial charge in [-0.15, -0.1) is 0 Å². The van der Waals surface area contributed by atoms with Crippen molar-refractivity contribution in [3.63, 3.8) is 0 Å². The molecule has 2 aliphatic rings. The summed E-state index contributed by atoms with van der Waals surface area (Å²) in [5.41, 5.74) is 4.62. The number of carbonyl (C=O) groups is 1. The van der Waals surface area contributed by atoms with Crippen LogP contribution in [0.3, 0.4) is 0 Å². The van der Waals surface area contributed by atoms with Crippen molar-refractivity contribution in [3.05, 3.63) is 66.0 Å². The first-order valence-corrected chi connectivity index (χ1v) is 10.2. The number of amides is 1. The van der Waals surface area contributed by atoms with Gasteiger partial charge in [0, 0.05) is 36.8 Å². The van der Waals surface area contributed by atoms with Crippen molar-refractivity contribution in [3.8, 4) is 11.1 Å². The Morgan fingerprint density at radius 2 is 2.00 bits per heavy atom. The highest BCUT2D eigenvalue weighted by atomic mass is 16.2. The summed E-state index contributed by atoms with van der Waals surface area (Å²) in [4.78, 5) is 19.7. The molecular formula is C24H28N2O. The highest BCUT2D eigenvalue weighted by Crippen LogP contribution is 2.30. The van der Waals surface area contributed by atoms with E-state index in [9.17, 15) is 4.79 Å². The van der Waals surface area contributed by atoms with Crippen LogP contribution in [-0.4, -0.2) is 28.9 Å². The maximum Gasteiger partial charge on any atom is 0.223 e. The first kappa shape index (κ1) is 18.0. The van der Waals surface area contributed by atoms with Gasteiger partial charge in [-0.05, 0) is 61.8 Å². The van der Waals surface area contributed by atoms with Crippen molar-refractivity contribution in [1.82, 2.24) is 9.88 Å². The number of carbonyl (C=O) groups excluding carboxylic acids is 1. The summed E-state index contributed by atoms with van der Waals surface area (Å²) in [5.74, 6) is 1.09. The van der Waals surface area contributed by atoms with Gasteiger partial charge in [0.05, 0.1) is 0 Å². The first-order chi connectivity index (χ1) is 13.2. The van der Waals surface area contributed by atoms with Crippen molar-refractivity contribution < 1.29 is 4.79 Å².